The summed E-state index contributed by atoms with van der Waals surface area (Å²) in [6, 6.07) is 18.7. The second-order valence-corrected chi connectivity index (χ2v) is 6.64. The van der Waals surface area contributed by atoms with Crippen molar-refractivity contribution >= 4 is 29.8 Å². The first-order chi connectivity index (χ1) is 15.8. The zero-order valence-electron chi connectivity index (χ0n) is 17.0. The molecule has 2 amide bonds. The molecule has 0 saturated carbocycles. The maximum absolute atomic E-state index is 12.7. The standard InChI is InChI=1S/C23H18N4O6/c28-20-12-17(19(27(32)33)13-21(20)29)14-24-26-23(31)18(11-15-7-3-1-4-8-15)25-22(30)16-9-5-2-6-10-16/h1-14,28-29H,(H,25,30)(H,26,31). The Balaban J connectivity index is 1.84. The Morgan fingerprint density at radius 1 is 0.939 bits per heavy atom. The Morgan fingerprint density at radius 3 is 2.18 bits per heavy atom. The number of hydrazone groups is 1. The zero-order chi connectivity index (χ0) is 23.8. The van der Waals surface area contributed by atoms with Crippen LogP contribution in [0.15, 0.2) is 83.6 Å². The molecule has 3 aromatic rings. The highest BCUT2D eigenvalue weighted by Crippen LogP contribution is 2.31. The number of hydrogen-bond donors (Lipinski definition) is 4. The van der Waals surface area contributed by atoms with Gasteiger partial charge < -0.3 is 15.5 Å². The van der Waals surface area contributed by atoms with Gasteiger partial charge in [0.25, 0.3) is 17.5 Å². The van der Waals surface area contributed by atoms with E-state index in [9.17, 15) is 29.9 Å². The predicted octanol–water partition coefficient (Wildman–Crippen LogP) is 2.93. The van der Waals surface area contributed by atoms with Crippen molar-refractivity contribution in [2.24, 2.45) is 5.10 Å². The van der Waals surface area contributed by atoms with Crippen LogP contribution in [0.3, 0.4) is 0 Å². The second-order valence-electron chi connectivity index (χ2n) is 6.64. The number of phenols is 2. The van der Waals surface area contributed by atoms with E-state index in [0.717, 1.165) is 18.3 Å². The number of phenolic OH excluding ortho intramolecular Hbond substituents is 2. The lowest BCUT2D eigenvalue weighted by Crippen LogP contribution is -2.32. The summed E-state index contributed by atoms with van der Waals surface area (Å²) in [6.45, 7) is 0. The van der Waals surface area contributed by atoms with Crippen LogP contribution in [-0.4, -0.2) is 33.2 Å². The Kier molecular flexibility index (Phi) is 7.12. The Morgan fingerprint density at radius 2 is 1.55 bits per heavy atom. The number of nitro benzene ring substituents is 1. The molecule has 0 radical (unpaired) electrons. The molecule has 0 aliphatic carbocycles. The third-order valence-electron chi connectivity index (χ3n) is 4.33. The van der Waals surface area contributed by atoms with Gasteiger partial charge in [0.2, 0.25) is 0 Å². The molecule has 166 valence electrons. The third-order valence-corrected chi connectivity index (χ3v) is 4.33. The molecular weight excluding hydrogens is 428 g/mol. The van der Waals surface area contributed by atoms with Crippen LogP contribution >= 0.6 is 0 Å². The van der Waals surface area contributed by atoms with Gasteiger partial charge in [0.05, 0.1) is 22.8 Å². The molecule has 0 unspecified atom stereocenters. The lowest BCUT2D eigenvalue weighted by Gasteiger charge is -2.09. The summed E-state index contributed by atoms with van der Waals surface area (Å²) in [6.07, 6.45) is 2.38. The molecule has 0 spiro atoms. The Labute approximate surface area is 187 Å². The average Bonchev–Trinajstić information content (AvgIpc) is 2.81. The maximum Gasteiger partial charge on any atom is 0.287 e. The van der Waals surface area contributed by atoms with E-state index in [1.54, 1.807) is 60.7 Å². The van der Waals surface area contributed by atoms with Crippen LogP contribution in [0.1, 0.15) is 21.5 Å². The van der Waals surface area contributed by atoms with Gasteiger partial charge in [-0.15, -0.1) is 0 Å². The minimum absolute atomic E-state index is 0.116. The highest BCUT2D eigenvalue weighted by Gasteiger charge is 2.17. The van der Waals surface area contributed by atoms with Gasteiger partial charge in [-0.2, -0.15) is 5.10 Å². The Hall–Kier alpha value is -4.99. The summed E-state index contributed by atoms with van der Waals surface area (Å²) in [5.74, 6) is -2.56. The zero-order valence-corrected chi connectivity index (χ0v) is 17.0. The maximum atomic E-state index is 12.7. The number of hydrogen-bond acceptors (Lipinski definition) is 7. The van der Waals surface area contributed by atoms with E-state index in [4.69, 9.17) is 0 Å². The quantitative estimate of drug-likeness (QED) is 0.144. The van der Waals surface area contributed by atoms with E-state index in [2.05, 4.69) is 15.8 Å². The van der Waals surface area contributed by atoms with Crippen molar-refractivity contribution in [2.45, 2.75) is 0 Å². The molecule has 0 aromatic heterocycles. The topological polar surface area (TPSA) is 154 Å². The smallest absolute Gasteiger partial charge is 0.287 e. The van der Waals surface area contributed by atoms with E-state index in [-0.39, 0.29) is 11.3 Å². The molecule has 0 bridgehead atoms. The summed E-state index contributed by atoms with van der Waals surface area (Å²) < 4.78 is 0. The molecule has 0 atom stereocenters. The monoisotopic (exact) mass is 446 g/mol. The number of nitrogens with one attached hydrogen (secondary N) is 2. The van der Waals surface area contributed by atoms with Crippen LogP contribution in [0.5, 0.6) is 11.5 Å². The summed E-state index contributed by atoms with van der Waals surface area (Å²) >= 11 is 0. The first-order valence-corrected chi connectivity index (χ1v) is 9.52. The van der Waals surface area contributed by atoms with E-state index in [1.165, 1.54) is 6.08 Å². The van der Waals surface area contributed by atoms with Gasteiger partial charge in [0.1, 0.15) is 5.70 Å². The fraction of sp³-hybridized carbons (Fsp3) is 0. The normalized spacial score (nSPS) is 11.2. The van der Waals surface area contributed by atoms with Gasteiger partial charge in [0, 0.05) is 5.56 Å². The molecule has 3 aromatic carbocycles. The molecule has 33 heavy (non-hydrogen) atoms. The molecule has 10 nitrogen and oxygen atoms in total. The molecule has 0 aliphatic heterocycles. The summed E-state index contributed by atoms with van der Waals surface area (Å²) in [5, 5.41) is 36.4. The third kappa shape index (κ3) is 6.01. The predicted molar refractivity (Wildman–Crippen MR) is 120 cm³/mol. The van der Waals surface area contributed by atoms with Gasteiger partial charge >= 0.3 is 0 Å². The first kappa shape index (κ1) is 22.7. The molecule has 0 saturated heterocycles. The van der Waals surface area contributed by atoms with Gasteiger partial charge in [-0.1, -0.05) is 48.5 Å². The number of carbonyl (C=O) groups excluding carboxylic acids is 2. The minimum Gasteiger partial charge on any atom is -0.504 e. The molecule has 3 rings (SSSR count). The van der Waals surface area contributed by atoms with Gasteiger partial charge in [-0.25, -0.2) is 5.43 Å². The molecule has 10 heteroatoms. The van der Waals surface area contributed by atoms with E-state index >= 15 is 0 Å². The van der Waals surface area contributed by atoms with E-state index < -0.39 is 33.9 Å². The van der Waals surface area contributed by atoms with Gasteiger partial charge in [-0.3, -0.25) is 19.7 Å². The van der Waals surface area contributed by atoms with Crippen molar-refractivity contribution in [1.29, 1.82) is 0 Å². The number of amides is 2. The van der Waals surface area contributed by atoms with Crippen molar-refractivity contribution in [3.05, 3.63) is 105 Å². The van der Waals surface area contributed by atoms with Gasteiger partial charge in [-0.05, 0) is 29.8 Å². The summed E-state index contributed by atoms with van der Waals surface area (Å²) in [5.41, 5.74) is 2.37. The number of nitrogens with zero attached hydrogens (tertiary/aromatic N) is 2. The SMILES string of the molecule is O=C(NN=Cc1cc(O)c(O)cc1[N+](=O)[O-])C(=Cc1ccccc1)NC(=O)c1ccccc1. The molecule has 4 N–H and O–H groups in total. The van der Waals surface area contributed by atoms with Gasteiger partial charge in [0.15, 0.2) is 11.5 Å². The van der Waals surface area contributed by atoms with Crippen LogP contribution in [0.2, 0.25) is 0 Å². The van der Waals surface area contributed by atoms with Crippen molar-refractivity contribution in [3.63, 3.8) is 0 Å². The van der Waals surface area contributed by atoms with Crippen LogP contribution in [0.25, 0.3) is 6.08 Å². The highest BCUT2D eigenvalue weighted by atomic mass is 16.6. The van der Waals surface area contributed by atoms with Crippen molar-refractivity contribution < 1.29 is 24.7 Å². The summed E-state index contributed by atoms with van der Waals surface area (Å²) in [4.78, 5) is 35.6. The van der Waals surface area contributed by atoms with Crippen LogP contribution in [-0.2, 0) is 4.79 Å². The molecular formula is C23H18N4O6. The van der Waals surface area contributed by atoms with E-state index in [1.807, 2.05) is 0 Å². The van der Waals surface area contributed by atoms with Crippen molar-refractivity contribution in [1.82, 2.24) is 10.7 Å². The fourth-order valence-corrected chi connectivity index (χ4v) is 2.72. The van der Waals surface area contributed by atoms with Crippen LogP contribution in [0, 0.1) is 10.1 Å². The highest BCUT2D eigenvalue weighted by molar-refractivity contribution is 6.05. The lowest BCUT2D eigenvalue weighted by molar-refractivity contribution is -0.385. The largest absolute Gasteiger partial charge is 0.504 e. The first-order valence-electron chi connectivity index (χ1n) is 9.52. The molecule has 0 heterocycles. The number of benzene rings is 3. The average molecular weight is 446 g/mol. The number of carbonyl (C=O) groups is 2. The van der Waals surface area contributed by atoms with E-state index in [0.29, 0.717) is 11.1 Å². The number of nitro groups is 1. The minimum atomic E-state index is -0.787. The van der Waals surface area contributed by atoms with Crippen molar-refractivity contribution in [3.8, 4) is 11.5 Å². The van der Waals surface area contributed by atoms with Crippen LogP contribution in [0.4, 0.5) is 5.69 Å². The number of aromatic hydroxyl groups is 2. The molecule has 0 aliphatic rings. The fourth-order valence-electron chi connectivity index (χ4n) is 2.72. The van der Waals surface area contributed by atoms with Crippen LogP contribution < -0.4 is 10.7 Å². The van der Waals surface area contributed by atoms with Crippen molar-refractivity contribution in [2.75, 3.05) is 0 Å². The second kappa shape index (κ2) is 10.4. The lowest BCUT2D eigenvalue weighted by atomic mass is 10.1. The summed E-state index contributed by atoms with van der Waals surface area (Å²) in [7, 11) is 0. The Bertz CT molecular complexity index is 1240. The molecule has 0 fully saturated rings. The number of rotatable bonds is 7.